The summed E-state index contributed by atoms with van der Waals surface area (Å²) in [7, 11) is -0.814. The Hall–Kier alpha value is -2.71. The number of rotatable bonds is 6. The van der Waals surface area contributed by atoms with Crippen molar-refractivity contribution in [2.45, 2.75) is 30.7 Å². The molecule has 0 saturated heterocycles. The third-order valence-corrected chi connectivity index (χ3v) is 6.42. The van der Waals surface area contributed by atoms with Crippen molar-refractivity contribution in [2.24, 2.45) is 14.1 Å². The van der Waals surface area contributed by atoms with Crippen molar-refractivity contribution in [1.29, 1.82) is 0 Å². The molecule has 1 heterocycles. The van der Waals surface area contributed by atoms with Gasteiger partial charge in [-0.15, -0.1) is 0 Å². The number of nitrogens with one attached hydrogen (secondary N) is 1. The third kappa shape index (κ3) is 3.93. The fourth-order valence-corrected chi connectivity index (χ4v) is 4.45. The van der Waals surface area contributed by atoms with Crippen molar-refractivity contribution in [1.82, 2.24) is 13.9 Å². The summed E-state index contributed by atoms with van der Waals surface area (Å²) in [6.07, 6.45) is 1.42. The largest absolute Gasteiger partial charge is 0.316 e. The highest BCUT2D eigenvalue weighted by Crippen LogP contribution is 2.17. The molecule has 28 heavy (non-hydrogen) atoms. The average Bonchev–Trinajstić information content (AvgIpc) is 2.69. The van der Waals surface area contributed by atoms with Gasteiger partial charge < -0.3 is 9.13 Å². The molecule has 148 valence electrons. The van der Waals surface area contributed by atoms with Gasteiger partial charge >= 0.3 is 11.1 Å². The van der Waals surface area contributed by atoms with Crippen LogP contribution in [0.25, 0.3) is 11.0 Å². The number of hydrogen-bond donors (Lipinski definition) is 1. The summed E-state index contributed by atoms with van der Waals surface area (Å²) < 4.78 is 30.6. The maximum atomic E-state index is 12.8. The van der Waals surface area contributed by atoms with Gasteiger partial charge in [-0.05, 0) is 43.5 Å². The van der Waals surface area contributed by atoms with Crippen LogP contribution in [0.5, 0.6) is 0 Å². The van der Waals surface area contributed by atoms with Crippen molar-refractivity contribution in [3.05, 3.63) is 74.8 Å². The molecule has 0 aliphatic carbocycles. The Kier molecular flexibility index (Phi) is 5.53. The van der Waals surface area contributed by atoms with Crippen LogP contribution >= 0.6 is 0 Å². The molecule has 1 aromatic heterocycles. The number of benzene rings is 2. The van der Waals surface area contributed by atoms with E-state index in [2.05, 4.69) is 4.72 Å². The normalized spacial score (nSPS) is 13.0. The van der Waals surface area contributed by atoms with E-state index in [-0.39, 0.29) is 10.9 Å². The van der Waals surface area contributed by atoms with Crippen LogP contribution in [-0.2, 0) is 30.5 Å². The fraction of sp³-hybridized carbons (Fsp3) is 0.300. The van der Waals surface area contributed by atoms with Crippen LogP contribution in [0, 0.1) is 0 Å². The van der Waals surface area contributed by atoms with Gasteiger partial charge in [-0.1, -0.05) is 30.3 Å². The van der Waals surface area contributed by atoms with Gasteiger partial charge in [0, 0.05) is 20.1 Å². The van der Waals surface area contributed by atoms with Crippen LogP contribution in [-0.4, -0.2) is 23.6 Å². The number of aromatic nitrogens is 2. The number of hydrogen-bond acceptors (Lipinski definition) is 4. The summed E-state index contributed by atoms with van der Waals surface area (Å²) in [6, 6.07) is 14.0. The van der Waals surface area contributed by atoms with Crippen LogP contribution in [0.1, 0.15) is 18.9 Å². The molecule has 0 saturated carbocycles. The van der Waals surface area contributed by atoms with E-state index in [1.165, 1.54) is 35.4 Å². The third-order valence-electron chi connectivity index (χ3n) is 4.84. The Bertz CT molecular complexity index is 1230. The fourth-order valence-electron chi connectivity index (χ4n) is 3.15. The van der Waals surface area contributed by atoms with E-state index < -0.39 is 21.1 Å². The first-order chi connectivity index (χ1) is 13.2. The number of aryl methyl sites for hydroxylation is 3. The monoisotopic (exact) mass is 401 g/mol. The summed E-state index contributed by atoms with van der Waals surface area (Å²) in [5.74, 6) is 0. The number of nitrogens with zero attached hydrogens (tertiary/aromatic N) is 2. The molecule has 0 radical (unpaired) electrons. The van der Waals surface area contributed by atoms with E-state index in [0.29, 0.717) is 17.5 Å². The molecule has 7 nitrogen and oxygen atoms in total. The Morgan fingerprint density at radius 1 is 0.929 bits per heavy atom. The molecule has 0 aliphatic rings. The van der Waals surface area contributed by atoms with Gasteiger partial charge in [0.1, 0.15) is 0 Å². The average molecular weight is 401 g/mol. The lowest BCUT2D eigenvalue weighted by Gasteiger charge is -2.15. The summed E-state index contributed by atoms with van der Waals surface area (Å²) in [4.78, 5) is 24.0. The maximum Gasteiger partial charge on any atom is 0.316 e. The molecule has 0 bridgehead atoms. The molecular weight excluding hydrogens is 378 g/mol. The van der Waals surface area contributed by atoms with E-state index in [0.717, 1.165) is 12.0 Å². The summed E-state index contributed by atoms with van der Waals surface area (Å²) >= 11 is 0. The number of fused-ring (bicyclic) bond motifs is 1. The van der Waals surface area contributed by atoms with E-state index in [1.54, 1.807) is 6.07 Å². The Balaban J connectivity index is 1.86. The van der Waals surface area contributed by atoms with Crippen LogP contribution in [0.3, 0.4) is 0 Å². The highest BCUT2D eigenvalue weighted by Gasteiger charge is 2.19. The number of sulfonamides is 1. The smallest absolute Gasteiger partial charge is 0.305 e. The summed E-state index contributed by atoms with van der Waals surface area (Å²) in [6.45, 7) is 1.82. The van der Waals surface area contributed by atoms with Gasteiger partial charge in [-0.25, -0.2) is 13.1 Å². The minimum absolute atomic E-state index is 0.0558. The molecule has 0 fully saturated rings. The molecule has 0 unspecified atom stereocenters. The Morgan fingerprint density at radius 2 is 1.54 bits per heavy atom. The van der Waals surface area contributed by atoms with E-state index in [4.69, 9.17) is 0 Å². The van der Waals surface area contributed by atoms with Crippen LogP contribution in [0.15, 0.2) is 63.0 Å². The lowest BCUT2D eigenvalue weighted by atomic mass is 10.1. The quantitative estimate of drug-likeness (QED) is 0.635. The van der Waals surface area contributed by atoms with Gasteiger partial charge in [0.2, 0.25) is 10.0 Å². The van der Waals surface area contributed by atoms with E-state index >= 15 is 0 Å². The molecule has 0 aliphatic heterocycles. The van der Waals surface area contributed by atoms with E-state index in [9.17, 15) is 18.0 Å². The topological polar surface area (TPSA) is 90.2 Å². The molecule has 8 heteroatoms. The first kappa shape index (κ1) is 20.0. The zero-order chi connectivity index (χ0) is 20.5. The van der Waals surface area contributed by atoms with Crippen LogP contribution < -0.4 is 15.8 Å². The lowest BCUT2D eigenvalue weighted by Crippen LogP contribution is -2.39. The van der Waals surface area contributed by atoms with Crippen molar-refractivity contribution in [3.8, 4) is 0 Å². The van der Waals surface area contributed by atoms with Crippen molar-refractivity contribution in [3.63, 3.8) is 0 Å². The molecule has 2 aromatic carbocycles. The second-order valence-electron chi connectivity index (χ2n) is 6.93. The zero-order valence-electron chi connectivity index (χ0n) is 16.0. The molecule has 3 rings (SSSR count). The predicted molar refractivity (Wildman–Crippen MR) is 109 cm³/mol. The van der Waals surface area contributed by atoms with Crippen molar-refractivity contribution in [2.75, 3.05) is 0 Å². The second-order valence-corrected chi connectivity index (χ2v) is 8.64. The molecule has 0 amide bonds. The first-order valence-corrected chi connectivity index (χ1v) is 10.4. The van der Waals surface area contributed by atoms with Gasteiger partial charge in [0.15, 0.2) is 0 Å². The predicted octanol–water partition coefficient (Wildman–Crippen LogP) is 1.54. The standard InChI is InChI=1S/C20H23N3O4S/c1-14(9-10-15-7-5-4-6-8-15)21-28(26,27)16-11-12-17-18(13-16)23(3)20(25)19(24)22(17)2/h4-8,11-14,21H,9-10H2,1-3H3/t14-/m1/s1. The second kappa shape index (κ2) is 7.73. The van der Waals surface area contributed by atoms with Crippen molar-refractivity contribution >= 4 is 21.1 Å². The maximum absolute atomic E-state index is 12.8. The van der Waals surface area contributed by atoms with Crippen LogP contribution in [0.4, 0.5) is 0 Å². The highest BCUT2D eigenvalue weighted by atomic mass is 32.2. The SMILES string of the molecule is C[C@H](CCc1ccccc1)NS(=O)(=O)c1ccc2c(c1)n(C)c(=O)c(=O)n2C. The minimum atomic E-state index is -3.76. The Labute approximate surface area is 163 Å². The van der Waals surface area contributed by atoms with Gasteiger partial charge in [-0.2, -0.15) is 0 Å². The van der Waals surface area contributed by atoms with Gasteiger partial charge in [-0.3, -0.25) is 9.59 Å². The van der Waals surface area contributed by atoms with Gasteiger partial charge in [0.25, 0.3) is 0 Å². The van der Waals surface area contributed by atoms with Crippen LogP contribution in [0.2, 0.25) is 0 Å². The Morgan fingerprint density at radius 3 is 2.18 bits per heavy atom. The first-order valence-electron chi connectivity index (χ1n) is 8.97. The summed E-state index contributed by atoms with van der Waals surface area (Å²) in [5, 5.41) is 0. The molecular formula is C20H23N3O4S. The molecule has 0 spiro atoms. The minimum Gasteiger partial charge on any atom is -0.305 e. The summed E-state index contributed by atoms with van der Waals surface area (Å²) in [5.41, 5.74) is 0.664. The molecule has 3 aromatic rings. The van der Waals surface area contributed by atoms with E-state index in [1.807, 2.05) is 37.3 Å². The van der Waals surface area contributed by atoms with Gasteiger partial charge in [0.05, 0.1) is 15.9 Å². The molecule has 1 N–H and O–H groups in total. The lowest BCUT2D eigenvalue weighted by molar-refractivity contribution is 0.547. The highest BCUT2D eigenvalue weighted by molar-refractivity contribution is 7.89. The zero-order valence-corrected chi connectivity index (χ0v) is 16.9. The van der Waals surface area contributed by atoms with Crippen molar-refractivity contribution < 1.29 is 8.42 Å². The molecule has 1 atom stereocenters.